The summed E-state index contributed by atoms with van der Waals surface area (Å²) in [7, 11) is 7.37. The van der Waals surface area contributed by atoms with Gasteiger partial charge in [0.2, 0.25) is 0 Å². The maximum atomic E-state index is 11.8. The van der Waals surface area contributed by atoms with Crippen molar-refractivity contribution >= 4 is 66.3 Å². The lowest BCUT2D eigenvalue weighted by atomic mass is 9.83. The number of esters is 2. The highest BCUT2D eigenvalue weighted by Crippen LogP contribution is 2.35. The van der Waals surface area contributed by atoms with E-state index in [0.29, 0.717) is 5.75 Å². The fourth-order valence-corrected chi connectivity index (χ4v) is 2.47. The van der Waals surface area contributed by atoms with Crippen LogP contribution in [0.15, 0.2) is 0 Å². The first-order chi connectivity index (χ1) is 9.08. The number of methoxy groups -OCH3 is 1. The molecule has 0 aliphatic heterocycles. The molecule has 0 aliphatic carbocycles. The molecule has 0 heterocycles. The summed E-state index contributed by atoms with van der Waals surface area (Å²) in [5.41, 5.74) is -0.768. The second-order valence-corrected chi connectivity index (χ2v) is 11.3. The van der Waals surface area contributed by atoms with Gasteiger partial charge in [-0.05, 0) is 27.2 Å². The van der Waals surface area contributed by atoms with Crippen molar-refractivity contribution in [2.45, 2.75) is 31.5 Å². The maximum Gasteiger partial charge on any atom is 0.322 e. The zero-order valence-electron chi connectivity index (χ0n) is 12.2. The predicted molar refractivity (Wildman–Crippen MR) is 100 cm³/mol. The normalized spacial score (nSPS) is 13.6. The van der Waals surface area contributed by atoms with Crippen LogP contribution in [0.2, 0.25) is 0 Å². The van der Waals surface area contributed by atoms with E-state index in [9.17, 15) is 9.59 Å². The Morgan fingerprint density at radius 2 is 1.70 bits per heavy atom. The average Bonchev–Trinajstić information content (AvgIpc) is 2.34. The Labute approximate surface area is 141 Å². The highest BCUT2D eigenvalue weighted by Gasteiger charge is 2.42. The minimum absolute atomic E-state index is 0.266. The minimum atomic E-state index is -0.898. The molecule has 3 atom stereocenters. The van der Waals surface area contributed by atoms with Crippen molar-refractivity contribution in [2.24, 2.45) is 5.41 Å². The largest absolute Gasteiger partial charge is 0.468 e. The van der Waals surface area contributed by atoms with Crippen LogP contribution in [0.4, 0.5) is 0 Å². The van der Waals surface area contributed by atoms with Gasteiger partial charge in [0.25, 0.3) is 0 Å². The smallest absolute Gasteiger partial charge is 0.322 e. The number of rotatable bonds is 6. The second kappa shape index (κ2) is 11.6. The van der Waals surface area contributed by atoms with E-state index in [-0.39, 0.29) is 19.0 Å². The molecule has 4 nitrogen and oxygen atoms in total. The molecule has 120 valence electrons. The highest BCUT2D eigenvalue weighted by atomic mass is 79.9. The summed E-state index contributed by atoms with van der Waals surface area (Å²) in [5.74, 6) is -0.279. The molecule has 0 aliphatic rings. The Morgan fingerprint density at radius 1 is 1.25 bits per heavy atom. The zero-order chi connectivity index (χ0) is 16.4. The van der Waals surface area contributed by atoms with Crippen molar-refractivity contribution in [3.63, 3.8) is 0 Å². The van der Waals surface area contributed by atoms with Crippen LogP contribution in [0.3, 0.4) is 0 Å². The molecule has 9 heteroatoms. The van der Waals surface area contributed by atoms with Crippen LogP contribution in [-0.2, 0) is 19.1 Å². The van der Waals surface area contributed by atoms with E-state index in [2.05, 4.69) is 51.2 Å². The van der Waals surface area contributed by atoms with Crippen LogP contribution in [0.25, 0.3) is 0 Å². The number of hydrogen-bond acceptors (Lipinski definition) is 5. The van der Waals surface area contributed by atoms with E-state index >= 15 is 0 Å². The number of thiol groups is 1. The van der Waals surface area contributed by atoms with Gasteiger partial charge >= 0.3 is 11.9 Å². The van der Waals surface area contributed by atoms with E-state index in [0.717, 1.165) is 7.96 Å². The first-order valence-corrected chi connectivity index (χ1v) is 11.8. The summed E-state index contributed by atoms with van der Waals surface area (Å²) < 4.78 is 8.80. The fraction of sp³-hybridized carbons (Fsp3) is 0.818. The summed E-state index contributed by atoms with van der Waals surface area (Å²) in [4.78, 5) is 23.3. The SMILES string of the molecule is COC(=O)C(C)(Br)CC(C)(C)C(=O)OCCS.PPP. The molecule has 0 spiro atoms. The Balaban J connectivity index is 0. The van der Waals surface area contributed by atoms with Crippen LogP contribution < -0.4 is 0 Å². The van der Waals surface area contributed by atoms with E-state index < -0.39 is 15.7 Å². The number of halogens is 1. The number of carbonyl (C=O) groups is 2. The summed E-state index contributed by atoms with van der Waals surface area (Å²) >= 11 is 7.25. The molecule has 20 heavy (non-hydrogen) atoms. The average molecular weight is 425 g/mol. The van der Waals surface area contributed by atoms with Crippen molar-refractivity contribution in [3.8, 4) is 0 Å². The van der Waals surface area contributed by atoms with Crippen LogP contribution >= 0.6 is 54.4 Å². The van der Waals surface area contributed by atoms with Crippen LogP contribution in [0, 0.1) is 5.41 Å². The molecule has 0 radical (unpaired) electrons. The lowest BCUT2D eigenvalue weighted by Gasteiger charge is -2.29. The van der Waals surface area contributed by atoms with Crippen LogP contribution in [0.1, 0.15) is 27.2 Å². The van der Waals surface area contributed by atoms with Crippen molar-refractivity contribution in [2.75, 3.05) is 19.5 Å². The molecular weight excluding hydrogens is 401 g/mol. The van der Waals surface area contributed by atoms with Crippen LogP contribution in [0.5, 0.6) is 0 Å². The van der Waals surface area contributed by atoms with E-state index in [1.807, 2.05) is 0 Å². The first kappa shape index (κ1) is 23.3. The lowest BCUT2D eigenvalue weighted by molar-refractivity contribution is -0.155. The lowest BCUT2D eigenvalue weighted by Crippen LogP contribution is -2.39. The molecule has 0 amide bonds. The summed E-state index contributed by atoms with van der Waals surface area (Å²) in [6.45, 7) is 5.40. The van der Waals surface area contributed by atoms with Gasteiger partial charge in [-0.2, -0.15) is 12.6 Å². The van der Waals surface area contributed by atoms with E-state index in [1.54, 1.807) is 20.8 Å². The summed E-state index contributed by atoms with van der Waals surface area (Å²) in [6.07, 6.45) is 0.290. The zero-order valence-corrected chi connectivity index (χ0v) is 18.0. The third kappa shape index (κ3) is 9.90. The van der Waals surface area contributed by atoms with Crippen molar-refractivity contribution in [3.05, 3.63) is 0 Å². The standard InChI is InChI=1S/C11H19BrO4S.H5P3/c1-10(2,8(13)16-5-6-17)7-11(3,12)9(14)15-4;1-3-2/h17H,5-7H2,1-4H3;3H,1-2H2. The molecule has 3 unspecified atom stereocenters. The third-order valence-corrected chi connectivity index (χ3v) is 3.05. The van der Waals surface area contributed by atoms with Crippen LogP contribution in [-0.4, -0.2) is 35.7 Å². The molecule has 0 saturated heterocycles. The molecule has 0 rings (SSSR count). The van der Waals surface area contributed by atoms with Gasteiger partial charge in [-0.3, -0.25) is 9.59 Å². The van der Waals surface area contributed by atoms with Gasteiger partial charge in [0.05, 0.1) is 12.5 Å². The highest BCUT2D eigenvalue weighted by molar-refractivity contribution is 9.10. The monoisotopic (exact) mass is 424 g/mol. The van der Waals surface area contributed by atoms with Crippen molar-refractivity contribution in [1.29, 1.82) is 0 Å². The molecule has 0 aromatic heterocycles. The number of alkyl halides is 1. The molecule has 0 fully saturated rings. The molecular formula is C11H24BrO4P3S. The van der Waals surface area contributed by atoms with Crippen molar-refractivity contribution < 1.29 is 19.1 Å². The van der Waals surface area contributed by atoms with Gasteiger partial charge in [-0.15, -0.1) is 17.9 Å². The van der Waals surface area contributed by atoms with E-state index in [1.165, 1.54) is 7.11 Å². The Hall–Kier alpha value is 1.06. The second-order valence-electron chi connectivity index (χ2n) is 4.78. The van der Waals surface area contributed by atoms with Crippen molar-refractivity contribution in [1.82, 2.24) is 0 Å². The Kier molecular flexibility index (Phi) is 13.5. The van der Waals surface area contributed by atoms with E-state index in [4.69, 9.17) is 4.74 Å². The van der Waals surface area contributed by atoms with Gasteiger partial charge in [0.15, 0.2) is 0 Å². The van der Waals surface area contributed by atoms with Gasteiger partial charge < -0.3 is 9.47 Å². The number of carbonyl (C=O) groups excluding carboxylic acids is 2. The van der Waals surface area contributed by atoms with Gasteiger partial charge in [0, 0.05) is 5.75 Å². The number of hydrogen-bond donors (Lipinski definition) is 1. The molecule has 0 N–H and O–H groups in total. The summed E-state index contributed by atoms with van der Waals surface area (Å²) in [6, 6.07) is 0. The quantitative estimate of drug-likeness (QED) is 0.307. The molecule has 0 bridgehead atoms. The van der Waals surface area contributed by atoms with Gasteiger partial charge in [-0.25, -0.2) is 0 Å². The van der Waals surface area contributed by atoms with Gasteiger partial charge in [0.1, 0.15) is 10.9 Å². The van der Waals surface area contributed by atoms with Gasteiger partial charge in [-0.1, -0.05) is 23.9 Å². The summed E-state index contributed by atoms with van der Waals surface area (Å²) in [5, 5.41) is 0. The first-order valence-electron chi connectivity index (χ1n) is 5.80. The molecule has 0 saturated carbocycles. The topological polar surface area (TPSA) is 52.6 Å². The Morgan fingerprint density at radius 3 is 2.05 bits per heavy atom. The predicted octanol–water partition coefficient (Wildman–Crippen LogP) is 3.45. The molecule has 0 aromatic rings. The number of ether oxygens (including phenoxy) is 2. The Bertz CT molecular complexity index is 314. The fourth-order valence-electron chi connectivity index (χ4n) is 1.52. The maximum absolute atomic E-state index is 11.8. The third-order valence-electron chi connectivity index (χ3n) is 2.26. The minimum Gasteiger partial charge on any atom is -0.468 e. The molecule has 0 aromatic carbocycles.